The van der Waals surface area contributed by atoms with Gasteiger partial charge >= 0.3 is 5.97 Å². The van der Waals surface area contributed by atoms with E-state index in [1.165, 1.54) is 48.5 Å². The fourth-order valence-corrected chi connectivity index (χ4v) is 4.22. The Labute approximate surface area is 190 Å². The Kier molecular flexibility index (Phi) is 8.48. The number of amides is 2. The molecule has 0 heterocycles. The van der Waals surface area contributed by atoms with Crippen molar-refractivity contribution in [2.75, 3.05) is 19.6 Å². The van der Waals surface area contributed by atoms with Crippen LogP contribution in [0.2, 0.25) is 0 Å². The van der Waals surface area contributed by atoms with E-state index in [1.807, 2.05) is 0 Å². The molecule has 2 rings (SSSR count). The molecule has 0 fully saturated rings. The van der Waals surface area contributed by atoms with Crippen molar-refractivity contribution >= 4 is 33.6 Å². The lowest BCUT2D eigenvalue weighted by molar-refractivity contribution is -0.136. The molecule has 0 bridgehead atoms. The third-order valence-corrected chi connectivity index (χ3v) is 6.46. The molecule has 33 heavy (non-hydrogen) atoms. The highest BCUT2D eigenvalue weighted by atomic mass is 32.2. The maximum Gasteiger partial charge on any atom is 0.324 e. The maximum absolute atomic E-state index is 12.7. The van der Waals surface area contributed by atoms with E-state index in [1.54, 1.807) is 6.07 Å². The summed E-state index contributed by atoms with van der Waals surface area (Å²) in [5.74, 6) is 2.73. The summed E-state index contributed by atoms with van der Waals surface area (Å²) < 4.78 is 25.4. The molecule has 2 amide bonds. The second-order valence-corrected chi connectivity index (χ2v) is 8.91. The molecule has 2 aromatic carbocycles. The number of aliphatic carboxylic acids is 1. The predicted octanol–water partition coefficient (Wildman–Crippen LogP) is -1.07. The van der Waals surface area contributed by atoms with Gasteiger partial charge in [0.25, 0.3) is 11.8 Å². The molecule has 8 N–H and O–H groups in total. The van der Waals surface area contributed by atoms with Crippen LogP contribution in [0.3, 0.4) is 0 Å². The number of carboxylic acid groups (broad SMARTS) is 1. The van der Waals surface area contributed by atoms with E-state index in [9.17, 15) is 27.9 Å². The second-order valence-electron chi connectivity index (χ2n) is 6.78. The van der Waals surface area contributed by atoms with Gasteiger partial charge in [0.05, 0.1) is 18.0 Å². The molecule has 13 heteroatoms. The van der Waals surface area contributed by atoms with Crippen molar-refractivity contribution in [2.24, 2.45) is 22.3 Å². The highest BCUT2D eigenvalue weighted by molar-refractivity contribution is 7.92. The van der Waals surface area contributed by atoms with Crippen molar-refractivity contribution in [3.63, 3.8) is 0 Å². The average Bonchev–Trinajstić information content (AvgIpc) is 2.79. The number of guanidine groups is 1. The Bertz CT molecular complexity index is 1130. The van der Waals surface area contributed by atoms with Gasteiger partial charge in [-0.1, -0.05) is 18.2 Å². The fraction of sp³-hybridized carbons (Fsp3) is 0.200. The summed E-state index contributed by atoms with van der Waals surface area (Å²) in [6.45, 7) is -0.387. The first-order chi connectivity index (χ1) is 15.5. The van der Waals surface area contributed by atoms with Crippen molar-refractivity contribution in [2.45, 2.75) is 10.1 Å². The first-order valence-electron chi connectivity index (χ1n) is 9.56. The summed E-state index contributed by atoms with van der Waals surface area (Å²) in [6, 6.07) is 12.4. The topological polar surface area (TPSA) is 211 Å². The monoisotopic (exact) mass is 476 g/mol. The molecule has 2 aromatic rings. The van der Waals surface area contributed by atoms with E-state index in [0.717, 1.165) is 0 Å². The highest BCUT2D eigenvalue weighted by Gasteiger charge is 2.36. The summed E-state index contributed by atoms with van der Waals surface area (Å²) in [4.78, 5) is 39.9. The van der Waals surface area contributed by atoms with Crippen molar-refractivity contribution in [1.29, 1.82) is 0 Å². The fourth-order valence-electron chi connectivity index (χ4n) is 2.73. The number of nitrogens with one attached hydrogen (secondary N) is 1. The van der Waals surface area contributed by atoms with E-state index in [0.29, 0.717) is 5.01 Å². The summed E-state index contributed by atoms with van der Waals surface area (Å²) in [6.07, 6.45) is 0. The van der Waals surface area contributed by atoms with Crippen LogP contribution in [0, 0.1) is 0 Å². The molecule has 0 unspecified atom stereocenters. The van der Waals surface area contributed by atoms with Crippen LogP contribution in [0.25, 0.3) is 0 Å². The van der Waals surface area contributed by atoms with Gasteiger partial charge in [0.15, 0.2) is 21.0 Å². The van der Waals surface area contributed by atoms with Gasteiger partial charge in [0.1, 0.15) is 0 Å². The Morgan fingerprint density at radius 2 is 1.58 bits per heavy atom. The maximum atomic E-state index is 12.7. The molecular weight excluding hydrogens is 452 g/mol. The van der Waals surface area contributed by atoms with Crippen LogP contribution in [0.5, 0.6) is 0 Å². The van der Waals surface area contributed by atoms with Crippen molar-refractivity contribution in [3.8, 4) is 0 Å². The number of hydrogen-bond acceptors (Lipinski definition) is 7. The van der Waals surface area contributed by atoms with Gasteiger partial charge in [0.2, 0.25) is 0 Å². The van der Waals surface area contributed by atoms with Gasteiger partial charge in [-0.15, -0.1) is 0 Å². The minimum atomic E-state index is -4.30. The number of carbonyl (C=O) groups excluding carboxylic acids is 2. The summed E-state index contributed by atoms with van der Waals surface area (Å²) in [5.41, 5.74) is 10.7. The highest BCUT2D eigenvalue weighted by Crippen LogP contribution is 2.17. The zero-order valence-electron chi connectivity index (χ0n) is 17.4. The molecule has 0 aliphatic heterocycles. The van der Waals surface area contributed by atoms with E-state index >= 15 is 0 Å². The van der Waals surface area contributed by atoms with Crippen LogP contribution in [0.1, 0.15) is 20.7 Å². The van der Waals surface area contributed by atoms with Crippen molar-refractivity contribution in [1.82, 2.24) is 10.3 Å². The van der Waals surface area contributed by atoms with Gasteiger partial charge in [-0.3, -0.25) is 24.4 Å². The average molecular weight is 477 g/mol. The van der Waals surface area contributed by atoms with Crippen molar-refractivity contribution in [3.05, 3.63) is 65.7 Å². The Morgan fingerprint density at radius 3 is 2.12 bits per heavy atom. The molecule has 1 atom stereocenters. The van der Waals surface area contributed by atoms with E-state index < -0.39 is 39.4 Å². The summed E-state index contributed by atoms with van der Waals surface area (Å²) >= 11 is 0. The minimum Gasteiger partial charge on any atom is -0.480 e. The quantitative estimate of drug-likeness (QED) is 0.0704. The van der Waals surface area contributed by atoms with Crippen LogP contribution in [0.15, 0.2) is 64.5 Å². The van der Waals surface area contributed by atoms with E-state index in [4.69, 9.17) is 17.3 Å². The Hall–Kier alpha value is -3.97. The molecule has 0 radical (unpaired) electrons. The molecule has 12 nitrogen and oxygen atoms in total. The molecule has 0 aromatic heterocycles. The number of nitrogens with zero attached hydrogens (tertiary/aromatic N) is 2. The minimum absolute atomic E-state index is 0.0378. The number of sulfone groups is 1. The van der Waals surface area contributed by atoms with Crippen LogP contribution < -0.4 is 22.6 Å². The smallest absolute Gasteiger partial charge is 0.324 e. The second kappa shape index (κ2) is 11.1. The van der Waals surface area contributed by atoms with Crippen molar-refractivity contribution < 1.29 is 27.9 Å². The van der Waals surface area contributed by atoms with Crippen LogP contribution >= 0.6 is 0 Å². The third kappa shape index (κ3) is 6.75. The number of aliphatic imine (C=N–C) groups is 1. The summed E-state index contributed by atoms with van der Waals surface area (Å²) in [7, 11) is -4.30. The number of hydrogen-bond donors (Lipinski definition) is 5. The van der Waals surface area contributed by atoms with Gasteiger partial charge in [-0.2, -0.15) is 0 Å². The predicted molar refractivity (Wildman–Crippen MR) is 120 cm³/mol. The van der Waals surface area contributed by atoms with Gasteiger partial charge in [-0.25, -0.2) is 14.3 Å². The molecule has 0 aliphatic carbocycles. The molecule has 0 saturated carbocycles. The van der Waals surface area contributed by atoms with Crippen LogP contribution in [-0.2, 0) is 14.6 Å². The third-order valence-electron chi connectivity index (χ3n) is 4.43. The van der Waals surface area contributed by atoms with Crippen LogP contribution in [0.4, 0.5) is 0 Å². The van der Waals surface area contributed by atoms with E-state index in [-0.39, 0.29) is 35.1 Å². The lowest BCUT2D eigenvalue weighted by Crippen LogP contribution is -2.48. The number of carboxylic acids is 1. The first kappa shape index (κ1) is 25.3. The number of carbonyl (C=O) groups is 3. The normalized spacial score (nSPS) is 11.8. The zero-order chi connectivity index (χ0) is 24.6. The molecular formula is C20H24N6O6S. The number of benzene rings is 2. The standard InChI is InChI=1S/C20H24N6O6S/c21-20(22)25-11-10-24-17(27)13-6-8-14(9-7-13)18(28)26(23)12-16(19(29)30)33(31,32)15-4-2-1-3-5-15/h1-9,16H,10-12,23H2,(H,24,27)(H,29,30)(H4,21,22,25)/t16-/m0/s1. The van der Waals surface area contributed by atoms with Gasteiger partial charge in [0, 0.05) is 17.7 Å². The van der Waals surface area contributed by atoms with Crippen LogP contribution in [-0.4, -0.2) is 67.2 Å². The van der Waals surface area contributed by atoms with Gasteiger partial charge in [-0.05, 0) is 36.4 Å². The zero-order valence-corrected chi connectivity index (χ0v) is 18.2. The lowest BCUT2D eigenvalue weighted by atomic mass is 10.1. The number of rotatable bonds is 10. The van der Waals surface area contributed by atoms with Gasteiger partial charge < -0.3 is 21.9 Å². The Morgan fingerprint density at radius 1 is 1.00 bits per heavy atom. The molecule has 0 spiro atoms. The number of hydrazine groups is 1. The molecule has 0 saturated heterocycles. The molecule has 176 valence electrons. The molecule has 0 aliphatic rings. The summed E-state index contributed by atoms with van der Waals surface area (Å²) in [5, 5.41) is 10.6. The SMILES string of the molecule is NC(N)=NCCNC(=O)c1ccc(C(=O)N(N)C[C@@H](C(=O)O)S(=O)(=O)c2ccccc2)cc1. The first-order valence-corrected chi connectivity index (χ1v) is 11.1. The largest absolute Gasteiger partial charge is 0.480 e. The lowest BCUT2D eigenvalue weighted by Gasteiger charge is -2.21. The number of nitrogens with two attached hydrogens (primary N) is 3. The van der Waals surface area contributed by atoms with E-state index in [2.05, 4.69) is 10.3 Å². The Balaban J connectivity index is 2.08.